The maximum Gasteiger partial charge on any atom is 0.330 e. The predicted octanol–water partition coefficient (Wildman–Crippen LogP) is 4.47. The van der Waals surface area contributed by atoms with Crippen LogP contribution in [0, 0.1) is 12.8 Å². The number of aryl methyl sites for hydroxylation is 1. The first-order valence-electron chi connectivity index (χ1n) is 9.81. The average Bonchev–Trinajstić information content (AvgIpc) is 3.10. The Labute approximate surface area is 167 Å². The third kappa shape index (κ3) is 5.78. The lowest BCUT2D eigenvalue weighted by Crippen LogP contribution is -2.44. The Hall–Kier alpha value is -2.43. The Morgan fingerprint density at radius 3 is 2.39 bits per heavy atom. The van der Waals surface area contributed by atoms with Gasteiger partial charge in [-0.25, -0.2) is 4.79 Å². The van der Waals surface area contributed by atoms with Crippen molar-refractivity contribution in [3.8, 4) is 0 Å². The van der Waals surface area contributed by atoms with E-state index in [4.69, 9.17) is 14.2 Å². The van der Waals surface area contributed by atoms with Gasteiger partial charge in [-0.2, -0.15) is 0 Å². The first kappa shape index (κ1) is 20.3. The van der Waals surface area contributed by atoms with Gasteiger partial charge >= 0.3 is 5.97 Å². The molecule has 4 nitrogen and oxygen atoms in total. The molecule has 0 aromatic heterocycles. The highest BCUT2D eigenvalue weighted by atomic mass is 16.7. The summed E-state index contributed by atoms with van der Waals surface area (Å²) in [6.45, 7) is 4.47. The smallest absolute Gasteiger partial charge is 0.330 e. The lowest BCUT2D eigenvalue weighted by atomic mass is 9.87. The Morgan fingerprint density at radius 1 is 1.11 bits per heavy atom. The van der Waals surface area contributed by atoms with Gasteiger partial charge in [0.25, 0.3) is 0 Å². The Balaban J connectivity index is 0.000000271. The molecule has 0 spiro atoms. The number of benzene rings is 2. The molecule has 4 heteroatoms. The minimum absolute atomic E-state index is 0.125. The van der Waals surface area contributed by atoms with Crippen molar-refractivity contribution in [2.45, 2.75) is 45.2 Å². The fourth-order valence-corrected chi connectivity index (χ4v) is 3.57. The van der Waals surface area contributed by atoms with Crippen molar-refractivity contribution >= 4 is 5.97 Å². The predicted molar refractivity (Wildman–Crippen MR) is 109 cm³/mol. The first-order valence-corrected chi connectivity index (χ1v) is 9.81. The molecular formula is C24H28O4. The molecule has 0 saturated carbocycles. The summed E-state index contributed by atoms with van der Waals surface area (Å²) in [5, 5.41) is 0. The van der Waals surface area contributed by atoms with Gasteiger partial charge < -0.3 is 14.2 Å². The first-order chi connectivity index (χ1) is 13.7. The summed E-state index contributed by atoms with van der Waals surface area (Å²) in [5.74, 6) is -0.106. The number of allylic oxidation sites excluding steroid dienone is 1. The van der Waals surface area contributed by atoms with E-state index < -0.39 is 6.29 Å². The molecular weight excluding hydrogens is 352 g/mol. The molecule has 2 aliphatic rings. The van der Waals surface area contributed by atoms with E-state index in [2.05, 4.69) is 31.2 Å². The Bertz CT molecular complexity index is 757. The zero-order valence-electron chi connectivity index (χ0n) is 16.5. The third-order valence-electron chi connectivity index (χ3n) is 4.91. The molecule has 0 aliphatic carbocycles. The van der Waals surface area contributed by atoms with Gasteiger partial charge in [0.1, 0.15) is 0 Å². The number of hydrogen-bond acceptors (Lipinski definition) is 4. The number of carbonyl (C=O) groups is 1. The zero-order chi connectivity index (χ0) is 19.8. The summed E-state index contributed by atoms with van der Waals surface area (Å²) in [6.07, 6.45) is 4.20. The third-order valence-corrected chi connectivity index (χ3v) is 4.91. The van der Waals surface area contributed by atoms with Crippen molar-refractivity contribution in [2.24, 2.45) is 5.92 Å². The maximum absolute atomic E-state index is 11.8. The number of hydrogen-bond donors (Lipinski definition) is 0. The van der Waals surface area contributed by atoms with Gasteiger partial charge in [0.15, 0.2) is 12.4 Å². The Kier molecular flexibility index (Phi) is 7.40. The van der Waals surface area contributed by atoms with E-state index >= 15 is 0 Å². The van der Waals surface area contributed by atoms with Gasteiger partial charge in [-0.15, -0.1) is 0 Å². The molecule has 2 aromatic carbocycles. The van der Waals surface area contributed by atoms with E-state index in [9.17, 15) is 4.79 Å². The Morgan fingerprint density at radius 2 is 1.79 bits per heavy atom. The molecule has 2 aliphatic heterocycles. The minimum atomic E-state index is -0.424. The quantitative estimate of drug-likeness (QED) is 0.580. The van der Waals surface area contributed by atoms with Crippen molar-refractivity contribution < 1.29 is 19.0 Å². The van der Waals surface area contributed by atoms with Crippen molar-refractivity contribution in [1.29, 1.82) is 0 Å². The van der Waals surface area contributed by atoms with Crippen LogP contribution in [0.4, 0.5) is 0 Å². The van der Waals surface area contributed by atoms with E-state index in [1.165, 1.54) is 17.2 Å². The lowest BCUT2D eigenvalue weighted by Gasteiger charge is -2.34. The summed E-state index contributed by atoms with van der Waals surface area (Å²) in [4.78, 5) is 11.8. The molecule has 0 radical (unpaired) electrons. The molecule has 2 bridgehead atoms. The molecule has 2 aromatic rings. The summed E-state index contributed by atoms with van der Waals surface area (Å²) >= 11 is 0. The van der Waals surface area contributed by atoms with E-state index in [0.29, 0.717) is 6.61 Å². The van der Waals surface area contributed by atoms with Crippen molar-refractivity contribution in [3.05, 3.63) is 83.9 Å². The second-order valence-electron chi connectivity index (χ2n) is 7.20. The normalized spacial score (nSPS) is 25.8. The highest BCUT2D eigenvalue weighted by Crippen LogP contribution is 2.35. The summed E-state index contributed by atoms with van der Waals surface area (Å²) < 4.78 is 16.9. The second-order valence-corrected chi connectivity index (χ2v) is 7.20. The topological polar surface area (TPSA) is 44.8 Å². The molecule has 2 fully saturated rings. The summed E-state index contributed by atoms with van der Waals surface area (Å²) in [6, 6.07) is 20.5. The van der Waals surface area contributed by atoms with Crippen LogP contribution in [0.3, 0.4) is 0 Å². The van der Waals surface area contributed by atoms with Crippen LogP contribution in [-0.4, -0.2) is 31.1 Å². The summed E-state index contributed by atoms with van der Waals surface area (Å²) in [7, 11) is 0. The van der Waals surface area contributed by atoms with Crippen LogP contribution in [0.25, 0.3) is 0 Å². The minimum Gasteiger partial charge on any atom is -0.453 e. The largest absolute Gasteiger partial charge is 0.453 e. The van der Waals surface area contributed by atoms with Crippen molar-refractivity contribution in [3.63, 3.8) is 0 Å². The molecule has 4 atom stereocenters. The van der Waals surface area contributed by atoms with Crippen molar-refractivity contribution in [1.82, 2.24) is 0 Å². The van der Waals surface area contributed by atoms with E-state index in [0.717, 1.165) is 12.8 Å². The van der Waals surface area contributed by atoms with Gasteiger partial charge in [-0.3, -0.25) is 0 Å². The SMILES string of the molecule is C/C=C/C(=O)OC1C(Cc2ccccc2)C[C@H]2CO[C@@H]1O2.Cc1ccccc1. The van der Waals surface area contributed by atoms with Crippen LogP contribution in [0.5, 0.6) is 0 Å². The van der Waals surface area contributed by atoms with Crippen molar-refractivity contribution in [2.75, 3.05) is 6.61 Å². The standard InChI is InChI=1S/C17H20O4.C7H8/c1-2-6-15(18)21-16-13(9-12-7-4-3-5-8-12)10-14-11-19-17(16)20-14;1-7-5-3-2-4-6-7/h2-8,13-14,16-17H,9-11H2,1H3;2-6H,1H3/b6-2+;/t13?,14-,16?,17+;/m0./s1. The molecule has 2 saturated heterocycles. The highest BCUT2D eigenvalue weighted by Gasteiger charge is 2.46. The molecule has 0 N–H and O–H groups in total. The van der Waals surface area contributed by atoms with Gasteiger partial charge in [0.2, 0.25) is 0 Å². The monoisotopic (exact) mass is 380 g/mol. The van der Waals surface area contributed by atoms with E-state index in [1.54, 1.807) is 13.0 Å². The number of rotatable bonds is 4. The number of esters is 1. The fourth-order valence-electron chi connectivity index (χ4n) is 3.57. The van der Waals surface area contributed by atoms with Gasteiger partial charge in [-0.1, -0.05) is 72.3 Å². The fraction of sp³-hybridized carbons (Fsp3) is 0.375. The van der Waals surface area contributed by atoms with Crippen LogP contribution >= 0.6 is 0 Å². The molecule has 2 unspecified atom stereocenters. The molecule has 2 heterocycles. The average molecular weight is 380 g/mol. The van der Waals surface area contributed by atoms with E-state index in [1.807, 2.05) is 36.4 Å². The number of ether oxygens (including phenoxy) is 3. The lowest BCUT2D eigenvalue weighted by molar-refractivity contribution is -0.198. The van der Waals surface area contributed by atoms with E-state index in [-0.39, 0.29) is 24.1 Å². The van der Waals surface area contributed by atoms with Crippen LogP contribution < -0.4 is 0 Å². The van der Waals surface area contributed by atoms with Crippen LogP contribution in [0.1, 0.15) is 24.5 Å². The molecule has 0 amide bonds. The van der Waals surface area contributed by atoms with Crippen LogP contribution in [0.15, 0.2) is 72.8 Å². The molecule has 4 rings (SSSR count). The van der Waals surface area contributed by atoms with Gasteiger partial charge in [0, 0.05) is 12.0 Å². The number of fused-ring (bicyclic) bond motifs is 2. The van der Waals surface area contributed by atoms with Gasteiger partial charge in [-0.05, 0) is 32.3 Å². The zero-order valence-corrected chi connectivity index (χ0v) is 16.5. The second kappa shape index (κ2) is 10.2. The summed E-state index contributed by atoms with van der Waals surface area (Å²) in [5.41, 5.74) is 2.57. The van der Waals surface area contributed by atoms with Crippen LogP contribution in [0.2, 0.25) is 0 Å². The highest BCUT2D eigenvalue weighted by molar-refractivity contribution is 5.82. The van der Waals surface area contributed by atoms with Gasteiger partial charge in [0.05, 0.1) is 12.7 Å². The van der Waals surface area contributed by atoms with Crippen LogP contribution in [-0.2, 0) is 25.4 Å². The number of carbonyl (C=O) groups excluding carboxylic acids is 1. The maximum atomic E-state index is 11.8. The molecule has 28 heavy (non-hydrogen) atoms. The molecule has 148 valence electrons.